The summed E-state index contributed by atoms with van der Waals surface area (Å²) in [5.74, 6) is 0. The molecule has 0 aliphatic rings. The molecule has 0 saturated carbocycles. The number of unbranched alkanes of at least 4 members (excludes halogenated alkanes) is 2. The molecular weight excluding hydrogens is 336 g/mol. The monoisotopic (exact) mass is 368 g/mol. The molecular formula is C23H32O2Si. The summed E-state index contributed by atoms with van der Waals surface area (Å²) in [4.78, 5) is 11.9. The molecule has 2 rings (SSSR count). The molecule has 0 spiro atoms. The molecule has 0 aliphatic carbocycles. The fourth-order valence-corrected chi connectivity index (χ4v) is 8.31. The minimum Gasteiger partial charge on any atom is -0.398 e. The van der Waals surface area contributed by atoms with E-state index in [4.69, 9.17) is 4.43 Å². The number of hydrogen-bond acceptors (Lipinski definition) is 2. The number of aldehydes is 1. The quantitative estimate of drug-likeness (QED) is 0.364. The molecule has 0 fully saturated rings. The third-order valence-corrected chi connectivity index (χ3v) is 10.1. The van der Waals surface area contributed by atoms with E-state index < -0.39 is 8.32 Å². The molecule has 0 bridgehead atoms. The Morgan fingerprint density at radius 2 is 1.42 bits per heavy atom. The fraction of sp³-hybridized carbons (Fsp3) is 0.435. The Kier molecular flexibility index (Phi) is 7.36. The van der Waals surface area contributed by atoms with Gasteiger partial charge < -0.3 is 9.22 Å². The summed E-state index contributed by atoms with van der Waals surface area (Å²) in [5, 5.41) is 2.35. The van der Waals surface area contributed by atoms with Gasteiger partial charge in [-0.3, -0.25) is 0 Å². The van der Waals surface area contributed by atoms with E-state index in [0.29, 0.717) is 0 Å². The molecule has 2 aromatic carbocycles. The van der Waals surface area contributed by atoms with Gasteiger partial charge in [-0.2, -0.15) is 0 Å². The van der Waals surface area contributed by atoms with Gasteiger partial charge in [-0.25, -0.2) is 0 Å². The average molecular weight is 369 g/mol. The van der Waals surface area contributed by atoms with E-state index >= 15 is 0 Å². The number of hydrogen-bond donors (Lipinski definition) is 0. The van der Waals surface area contributed by atoms with Crippen molar-refractivity contribution >= 4 is 25.0 Å². The smallest absolute Gasteiger partial charge is 0.262 e. The Labute approximate surface area is 159 Å². The minimum absolute atomic E-state index is 0.0955. The van der Waals surface area contributed by atoms with Crippen molar-refractivity contribution in [3.05, 3.63) is 60.7 Å². The standard InChI is InChI=1S/C23H32O2Si/c1-5-6-9-14-20(19-24)25-26(23(2,3)4,21-15-10-7-11-16-21)22-17-12-8-13-18-22/h7-8,10-13,15-20H,5-6,9,14H2,1-4H3. The highest BCUT2D eigenvalue weighted by Gasteiger charge is 2.51. The lowest BCUT2D eigenvalue weighted by Gasteiger charge is -2.44. The van der Waals surface area contributed by atoms with E-state index in [1.807, 2.05) is 12.1 Å². The molecule has 2 nitrogen and oxygen atoms in total. The van der Waals surface area contributed by atoms with Gasteiger partial charge in [-0.15, -0.1) is 0 Å². The highest BCUT2D eigenvalue weighted by molar-refractivity contribution is 6.99. The molecule has 0 radical (unpaired) electrons. The molecule has 140 valence electrons. The van der Waals surface area contributed by atoms with Crippen LogP contribution in [0.15, 0.2) is 60.7 Å². The van der Waals surface area contributed by atoms with Gasteiger partial charge in [0, 0.05) is 0 Å². The van der Waals surface area contributed by atoms with Crippen LogP contribution in [0.1, 0.15) is 53.4 Å². The maximum atomic E-state index is 11.9. The second-order valence-corrected chi connectivity index (χ2v) is 12.2. The van der Waals surface area contributed by atoms with Gasteiger partial charge in [0.15, 0.2) is 0 Å². The molecule has 26 heavy (non-hydrogen) atoms. The Morgan fingerprint density at radius 3 is 1.81 bits per heavy atom. The Bertz CT molecular complexity index is 622. The number of benzene rings is 2. The largest absolute Gasteiger partial charge is 0.398 e. The van der Waals surface area contributed by atoms with Crippen LogP contribution in [0, 0.1) is 0 Å². The van der Waals surface area contributed by atoms with E-state index in [1.165, 1.54) is 10.4 Å². The van der Waals surface area contributed by atoms with E-state index in [9.17, 15) is 4.79 Å². The predicted molar refractivity (Wildman–Crippen MR) is 113 cm³/mol. The predicted octanol–water partition coefficient (Wildman–Crippen LogP) is 4.71. The van der Waals surface area contributed by atoms with Gasteiger partial charge in [0.05, 0.1) is 0 Å². The molecule has 1 atom stereocenters. The van der Waals surface area contributed by atoms with Crippen LogP contribution >= 0.6 is 0 Å². The Hall–Kier alpha value is -1.71. The van der Waals surface area contributed by atoms with Crippen LogP contribution in [0.4, 0.5) is 0 Å². The second-order valence-electron chi connectivity index (χ2n) is 7.95. The lowest BCUT2D eigenvalue weighted by molar-refractivity contribution is -0.114. The van der Waals surface area contributed by atoms with E-state index in [1.54, 1.807) is 0 Å². The third-order valence-electron chi connectivity index (χ3n) is 4.99. The van der Waals surface area contributed by atoms with Crippen LogP contribution in [-0.4, -0.2) is 20.7 Å². The summed E-state index contributed by atoms with van der Waals surface area (Å²) in [5.41, 5.74) is 0. The Morgan fingerprint density at radius 1 is 0.923 bits per heavy atom. The van der Waals surface area contributed by atoms with Crippen molar-refractivity contribution in [1.29, 1.82) is 0 Å². The first kappa shape index (κ1) is 20.6. The molecule has 1 unspecified atom stereocenters. The molecule has 0 aliphatic heterocycles. The molecule has 0 heterocycles. The van der Waals surface area contributed by atoms with Crippen molar-refractivity contribution < 1.29 is 9.22 Å². The van der Waals surface area contributed by atoms with Gasteiger partial charge in [0.2, 0.25) is 0 Å². The highest BCUT2D eigenvalue weighted by atomic mass is 28.4. The third kappa shape index (κ3) is 4.52. The average Bonchev–Trinajstić information content (AvgIpc) is 2.65. The second kappa shape index (κ2) is 9.29. The van der Waals surface area contributed by atoms with Crippen molar-refractivity contribution in [2.45, 2.75) is 64.5 Å². The van der Waals surface area contributed by atoms with E-state index in [2.05, 4.69) is 76.2 Å². The first-order valence-electron chi connectivity index (χ1n) is 9.70. The summed E-state index contributed by atoms with van der Waals surface area (Å²) in [7, 11) is -2.62. The maximum Gasteiger partial charge on any atom is 0.262 e. The van der Waals surface area contributed by atoms with Gasteiger partial charge in [0.25, 0.3) is 8.32 Å². The van der Waals surface area contributed by atoms with Crippen molar-refractivity contribution in [1.82, 2.24) is 0 Å². The lowest BCUT2D eigenvalue weighted by atomic mass is 10.1. The number of rotatable bonds is 9. The maximum absolute atomic E-state index is 11.9. The molecule has 0 N–H and O–H groups in total. The highest BCUT2D eigenvalue weighted by Crippen LogP contribution is 2.37. The fourth-order valence-electron chi connectivity index (χ4n) is 3.67. The first-order valence-corrected chi connectivity index (χ1v) is 11.6. The SMILES string of the molecule is CCCCCC(C=O)O[Si](c1ccccc1)(c1ccccc1)C(C)(C)C. The zero-order chi connectivity index (χ0) is 19.0. The zero-order valence-corrected chi connectivity index (χ0v) is 17.6. The Balaban J connectivity index is 2.54. The van der Waals surface area contributed by atoms with Crippen LogP contribution in [0.5, 0.6) is 0 Å². The minimum atomic E-state index is -2.62. The number of carbonyl (C=O) groups is 1. The van der Waals surface area contributed by atoms with Gasteiger partial charge in [-0.1, -0.05) is 108 Å². The van der Waals surface area contributed by atoms with Crippen molar-refractivity contribution in [2.24, 2.45) is 0 Å². The summed E-state index contributed by atoms with van der Waals surface area (Å²) in [6, 6.07) is 21.0. The lowest BCUT2D eigenvalue weighted by Crippen LogP contribution is -2.67. The molecule has 0 saturated heterocycles. The van der Waals surface area contributed by atoms with E-state index in [-0.39, 0.29) is 11.1 Å². The van der Waals surface area contributed by atoms with Gasteiger partial charge in [0.1, 0.15) is 12.4 Å². The van der Waals surface area contributed by atoms with Crippen LogP contribution in [-0.2, 0) is 9.22 Å². The van der Waals surface area contributed by atoms with Crippen LogP contribution in [0.2, 0.25) is 5.04 Å². The van der Waals surface area contributed by atoms with Gasteiger partial charge in [-0.05, 0) is 21.8 Å². The van der Waals surface area contributed by atoms with E-state index in [0.717, 1.165) is 32.0 Å². The first-order chi connectivity index (χ1) is 12.5. The normalized spacial score (nSPS) is 13.4. The molecule has 3 heteroatoms. The van der Waals surface area contributed by atoms with Crippen molar-refractivity contribution in [3.63, 3.8) is 0 Å². The van der Waals surface area contributed by atoms with Crippen LogP contribution in [0.25, 0.3) is 0 Å². The zero-order valence-electron chi connectivity index (χ0n) is 16.6. The molecule has 0 aromatic heterocycles. The molecule has 0 amide bonds. The van der Waals surface area contributed by atoms with Crippen molar-refractivity contribution in [3.8, 4) is 0 Å². The summed E-state index contributed by atoms with van der Waals surface area (Å²) >= 11 is 0. The topological polar surface area (TPSA) is 26.3 Å². The molecule has 2 aromatic rings. The van der Waals surface area contributed by atoms with Crippen molar-refractivity contribution in [2.75, 3.05) is 0 Å². The summed E-state index contributed by atoms with van der Waals surface area (Å²) in [6.07, 6.45) is 4.75. The number of carbonyl (C=O) groups excluding carboxylic acids is 1. The summed E-state index contributed by atoms with van der Waals surface area (Å²) < 4.78 is 6.84. The van der Waals surface area contributed by atoms with Crippen LogP contribution < -0.4 is 10.4 Å². The van der Waals surface area contributed by atoms with Gasteiger partial charge >= 0.3 is 0 Å². The summed E-state index contributed by atoms with van der Waals surface area (Å²) in [6.45, 7) is 8.91. The van der Waals surface area contributed by atoms with Crippen LogP contribution in [0.3, 0.4) is 0 Å².